The molecule has 2 aromatic carbocycles. The standard InChI is InChI=1S/C18H15BrN2O4/c19-12-3-5-13(6-4-12)20-15-10-16(22)21(18(15)25)14-7-1-11(2-8-14)9-17(23)24/h1-8,15,20H,9-10H2,(H,23,24). The van der Waals surface area contributed by atoms with Crippen LogP contribution in [0.15, 0.2) is 53.0 Å². The summed E-state index contributed by atoms with van der Waals surface area (Å²) in [6.45, 7) is 0. The van der Waals surface area contributed by atoms with Crippen LogP contribution in [0, 0.1) is 0 Å². The molecule has 25 heavy (non-hydrogen) atoms. The van der Waals surface area contributed by atoms with Crippen molar-refractivity contribution in [1.82, 2.24) is 0 Å². The van der Waals surface area contributed by atoms with Gasteiger partial charge < -0.3 is 10.4 Å². The van der Waals surface area contributed by atoms with Gasteiger partial charge in [0.05, 0.1) is 18.5 Å². The highest BCUT2D eigenvalue weighted by Gasteiger charge is 2.39. The maximum Gasteiger partial charge on any atom is 0.307 e. The molecule has 0 bridgehead atoms. The van der Waals surface area contributed by atoms with E-state index in [0.29, 0.717) is 11.3 Å². The lowest BCUT2D eigenvalue weighted by molar-refractivity contribution is -0.136. The number of imide groups is 1. The van der Waals surface area contributed by atoms with Gasteiger partial charge in [-0.2, -0.15) is 0 Å². The zero-order valence-electron chi connectivity index (χ0n) is 13.1. The van der Waals surface area contributed by atoms with E-state index in [9.17, 15) is 14.4 Å². The van der Waals surface area contributed by atoms with E-state index in [0.717, 1.165) is 15.1 Å². The van der Waals surface area contributed by atoms with Crippen LogP contribution in [0.3, 0.4) is 0 Å². The first-order valence-electron chi connectivity index (χ1n) is 7.63. The van der Waals surface area contributed by atoms with Crippen molar-refractivity contribution in [2.75, 3.05) is 10.2 Å². The predicted molar refractivity (Wildman–Crippen MR) is 96.4 cm³/mol. The minimum atomic E-state index is -0.931. The van der Waals surface area contributed by atoms with E-state index in [1.54, 1.807) is 24.3 Å². The first-order valence-corrected chi connectivity index (χ1v) is 8.43. The highest BCUT2D eigenvalue weighted by molar-refractivity contribution is 9.10. The molecule has 0 aliphatic carbocycles. The third-order valence-electron chi connectivity index (χ3n) is 3.88. The van der Waals surface area contributed by atoms with Gasteiger partial charge in [0.1, 0.15) is 6.04 Å². The topological polar surface area (TPSA) is 86.7 Å². The molecule has 0 saturated carbocycles. The van der Waals surface area contributed by atoms with Gasteiger partial charge in [0.2, 0.25) is 5.91 Å². The summed E-state index contributed by atoms with van der Waals surface area (Å²) in [6.07, 6.45) is -0.0261. The van der Waals surface area contributed by atoms with Gasteiger partial charge in [0.25, 0.3) is 5.91 Å². The number of halogens is 1. The Bertz CT molecular complexity index is 818. The first kappa shape index (κ1) is 17.2. The largest absolute Gasteiger partial charge is 0.481 e. The molecule has 7 heteroatoms. The third kappa shape index (κ3) is 3.88. The molecular weight excluding hydrogens is 388 g/mol. The maximum atomic E-state index is 12.6. The number of anilines is 2. The number of benzene rings is 2. The SMILES string of the molecule is O=C(O)Cc1ccc(N2C(=O)CC(Nc3ccc(Br)cc3)C2=O)cc1. The Hall–Kier alpha value is -2.67. The average molecular weight is 403 g/mol. The molecule has 1 unspecified atom stereocenters. The van der Waals surface area contributed by atoms with Gasteiger partial charge in [-0.15, -0.1) is 0 Å². The van der Waals surface area contributed by atoms with Gasteiger partial charge in [-0.3, -0.25) is 14.4 Å². The fourth-order valence-electron chi connectivity index (χ4n) is 2.70. The van der Waals surface area contributed by atoms with E-state index >= 15 is 0 Å². The molecule has 1 heterocycles. The lowest BCUT2D eigenvalue weighted by Crippen LogP contribution is -2.34. The Labute approximate surface area is 152 Å². The van der Waals surface area contributed by atoms with E-state index in [4.69, 9.17) is 5.11 Å². The van der Waals surface area contributed by atoms with Crippen molar-refractivity contribution in [3.8, 4) is 0 Å². The molecular formula is C18H15BrN2O4. The monoisotopic (exact) mass is 402 g/mol. The third-order valence-corrected chi connectivity index (χ3v) is 4.41. The van der Waals surface area contributed by atoms with Gasteiger partial charge >= 0.3 is 5.97 Å². The zero-order valence-corrected chi connectivity index (χ0v) is 14.7. The van der Waals surface area contributed by atoms with Crippen LogP contribution in [0.25, 0.3) is 0 Å². The predicted octanol–water partition coefficient (Wildman–Crippen LogP) is 2.82. The summed E-state index contributed by atoms with van der Waals surface area (Å²) in [5.41, 5.74) is 1.82. The van der Waals surface area contributed by atoms with E-state index in [-0.39, 0.29) is 24.7 Å². The molecule has 1 fully saturated rings. The lowest BCUT2D eigenvalue weighted by atomic mass is 10.1. The van der Waals surface area contributed by atoms with Crippen molar-refractivity contribution in [3.63, 3.8) is 0 Å². The molecule has 1 atom stereocenters. The molecule has 2 amide bonds. The molecule has 2 N–H and O–H groups in total. The molecule has 1 aliphatic heterocycles. The number of carbonyl (C=O) groups is 3. The van der Waals surface area contributed by atoms with Crippen molar-refractivity contribution in [3.05, 3.63) is 58.6 Å². The molecule has 3 rings (SSSR count). The van der Waals surface area contributed by atoms with Crippen LogP contribution >= 0.6 is 15.9 Å². The molecule has 1 saturated heterocycles. The summed E-state index contributed by atoms with van der Waals surface area (Å²) in [5.74, 6) is -1.54. The summed E-state index contributed by atoms with van der Waals surface area (Å²) in [7, 11) is 0. The van der Waals surface area contributed by atoms with E-state index in [1.165, 1.54) is 0 Å². The lowest BCUT2D eigenvalue weighted by Gasteiger charge is -2.16. The average Bonchev–Trinajstić information content (AvgIpc) is 2.84. The number of carboxylic acid groups (broad SMARTS) is 1. The van der Waals surface area contributed by atoms with E-state index in [1.807, 2.05) is 24.3 Å². The van der Waals surface area contributed by atoms with Crippen molar-refractivity contribution in [1.29, 1.82) is 0 Å². The summed E-state index contributed by atoms with van der Waals surface area (Å²) in [4.78, 5) is 36.7. The second kappa shape index (κ2) is 7.06. The second-order valence-corrected chi connectivity index (χ2v) is 6.63. The molecule has 0 aromatic heterocycles. The fourth-order valence-corrected chi connectivity index (χ4v) is 2.97. The number of nitrogens with one attached hydrogen (secondary N) is 1. The van der Waals surface area contributed by atoms with Crippen LogP contribution in [0.5, 0.6) is 0 Å². The Morgan fingerprint density at radius 3 is 2.36 bits per heavy atom. The molecule has 0 spiro atoms. The fraction of sp³-hybridized carbons (Fsp3) is 0.167. The molecule has 6 nitrogen and oxygen atoms in total. The minimum Gasteiger partial charge on any atom is -0.481 e. The summed E-state index contributed by atoms with van der Waals surface area (Å²) < 4.78 is 0.926. The van der Waals surface area contributed by atoms with Crippen molar-refractivity contribution >= 4 is 45.1 Å². The van der Waals surface area contributed by atoms with Crippen LogP contribution in [0.2, 0.25) is 0 Å². The van der Waals surface area contributed by atoms with Gasteiger partial charge in [-0.25, -0.2) is 4.90 Å². The van der Waals surface area contributed by atoms with Gasteiger partial charge in [0.15, 0.2) is 0 Å². The molecule has 0 radical (unpaired) electrons. The van der Waals surface area contributed by atoms with Crippen LogP contribution < -0.4 is 10.2 Å². The smallest absolute Gasteiger partial charge is 0.307 e. The van der Waals surface area contributed by atoms with Crippen LogP contribution in [0.4, 0.5) is 11.4 Å². The first-order chi connectivity index (χ1) is 11.9. The van der Waals surface area contributed by atoms with Gasteiger partial charge in [-0.05, 0) is 42.0 Å². The van der Waals surface area contributed by atoms with Crippen molar-refractivity contribution in [2.24, 2.45) is 0 Å². The van der Waals surface area contributed by atoms with Crippen molar-refractivity contribution in [2.45, 2.75) is 18.9 Å². The number of aliphatic carboxylic acids is 1. The van der Waals surface area contributed by atoms with Crippen LogP contribution in [-0.2, 0) is 20.8 Å². The number of hydrogen-bond donors (Lipinski definition) is 2. The number of nitrogens with zero attached hydrogens (tertiary/aromatic N) is 1. The van der Waals surface area contributed by atoms with Gasteiger partial charge in [0, 0.05) is 10.2 Å². The number of rotatable bonds is 5. The Balaban J connectivity index is 1.74. The molecule has 1 aliphatic rings. The van der Waals surface area contributed by atoms with E-state index < -0.39 is 12.0 Å². The summed E-state index contributed by atoms with van der Waals surface area (Å²) >= 11 is 3.35. The van der Waals surface area contributed by atoms with E-state index in [2.05, 4.69) is 21.2 Å². The summed E-state index contributed by atoms with van der Waals surface area (Å²) in [5, 5.41) is 11.9. The number of carbonyl (C=O) groups excluding carboxylic acids is 2. The quantitative estimate of drug-likeness (QED) is 0.750. The van der Waals surface area contributed by atoms with Crippen molar-refractivity contribution < 1.29 is 19.5 Å². The number of amides is 2. The van der Waals surface area contributed by atoms with Gasteiger partial charge in [-0.1, -0.05) is 28.1 Å². The minimum absolute atomic E-state index is 0.0752. The maximum absolute atomic E-state index is 12.6. The number of hydrogen-bond acceptors (Lipinski definition) is 4. The normalized spacial score (nSPS) is 17.0. The number of carboxylic acids is 1. The zero-order chi connectivity index (χ0) is 18.0. The molecule has 128 valence electrons. The van der Waals surface area contributed by atoms with Crippen LogP contribution in [-0.4, -0.2) is 28.9 Å². The second-order valence-electron chi connectivity index (χ2n) is 5.71. The Kier molecular flexibility index (Phi) is 4.85. The highest BCUT2D eigenvalue weighted by Crippen LogP contribution is 2.26. The molecule has 2 aromatic rings. The highest BCUT2D eigenvalue weighted by atomic mass is 79.9. The van der Waals surface area contributed by atoms with Crippen LogP contribution in [0.1, 0.15) is 12.0 Å². The summed E-state index contributed by atoms with van der Waals surface area (Å²) in [6, 6.07) is 13.1. The Morgan fingerprint density at radius 1 is 1.12 bits per heavy atom. The Morgan fingerprint density at radius 2 is 1.76 bits per heavy atom.